The Morgan fingerprint density at radius 1 is 1.22 bits per heavy atom. The van der Waals surface area contributed by atoms with E-state index in [0.717, 1.165) is 37.3 Å². The smallest absolute Gasteiger partial charge is 0.277 e. The molecular weight excluding hydrogens is 522 g/mol. The average molecular weight is 553 g/mol. The number of carbonyl (C=O) groups excluding carboxylic acids is 2. The number of imidazole rings is 1. The highest BCUT2D eigenvalue weighted by molar-refractivity contribution is 6.31. The first kappa shape index (κ1) is 28.5. The number of nitrogens with zero attached hydrogens (tertiary/aromatic N) is 4. The minimum atomic E-state index is -0.568. The molecule has 0 spiro atoms. The largest absolute Gasteiger partial charge is 1.00 e. The number of ketones is 1. The highest BCUT2D eigenvalue weighted by Gasteiger charge is 2.28. The molecule has 0 saturated carbocycles. The van der Waals surface area contributed by atoms with Gasteiger partial charge in [-0.05, 0) is 45.7 Å². The summed E-state index contributed by atoms with van der Waals surface area (Å²) >= 11 is 5.90. The lowest BCUT2D eigenvalue weighted by Crippen LogP contribution is -3.00. The molecule has 4 rings (SSSR count). The van der Waals surface area contributed by atoms with Gasteiger partial charge in [-0.25, -0.2) is 23.5 Å². The van der Waals surface area contributed by atoms with Crippen LogP contribution in [0.2, 0.25) is 5.15 Å². The van der Waals surface area contributed by atoms with Crippen LogP contribution in [0.4, 0.5) is 16.0 Å². The van der Waals surface area contributed by atoms with Crippen LogP contribution < -0.4 is 39.1 Å². The van der Waals surface area contributed by atoms with Gasteiger partial charge in [0.2, 0.25) is 0 Å². The zero-order chi connectivity index (χ0) is 26.0. The molecule has 13 heteroatoms. The number of nitrogen functional groups attached to an aromatic ring is 2. The summed E-state index contributed by atoms with van der Waals surface area (Å²) in [6, 6.07) is 3.05. The maximum Gasteiger partial charge on any atom is 0.277 e. The van der Waals surface area contributed by atoms with Crippen LogP contribution in [0.5, 0.6) is 0 Å². The van der Waals surface area contributed by atoms with Crippen LogP contribution in [0.25, 0.3) is 11.0 Å². The first-order valence-corrected chi connectivity index (χ1v) is 12.5. The van der Waals surface area contributed by atoms with Crippen LogP contribution in [0.1, 0.15) is 59.8 Å². The Morgan fingerprint density at radius 2 is 1.92 bits per heavy atom. The number of fused-ring (bicyclic) bond motifs is 1. The molecule has 6 N–H and O–H groups in total. The average Bonchev–Trinajstić information content (AvgIpc) is 3.15. The van der Waals surface area contributed by atoms with Crippen molar-refractivity contribution in [1.29, 1.82) is 0 Å². The molecule has 0 atom stereocenters. The van der Waals surface area contributed by atoms with E-state index in [1.165, 1.54) is 6.07 Å². The van der Waals surface area contributed by atoms with E-state index in [0.29, 0.717) is 25.0 Å². The van der Waals surface area contributed by atoms with Crippen molar-refractivity contribution in [3.63, 3.8) is 0 Å². The third-order valence-electron chi connectivity index (χ3n) is 6.66. The summed E-state index contributed by atoms with van der Waals surface area (Å²) in [5, 5.41) is 5.96. The molecule has 0 bridgehead atoms. The van der Waals surface area contributed by atoms with Crippen LogP contribution >= 0.6 is 11.6 Å². The minimum Gasteiger partial charge on any atom is -1.00 e. The Labute approximate surface area is 225 Å². The first-order valence-electron chi connectivity index (χ1n) is 12.1. The molecule has 1 aliphatic rings. The van der Waals surface area contributed by atoms with Crippen molar-refractivity contribution in [3.8, 4) is 0 Å². The van der Waals surface area contributed by atoms with Gasteiger partial charge in [0.05, 0.1) is 18.7 Å². The number of nitrogens with one attached hydrogen (secondary N) is 2. The lowest BCUT2D eigenvalue weighted by atomic mass is 9.90. The number of amides is 1. The second-order valence-corrected chi connectivity index (χ2v) is 9.22. The third kappa shape index (κ3) is 5.78. The fourth-order valence-electron chi connectivity index (χ4n) is 4.83. The highest BCUT2D eigenvalue weighted by atomic mass is 35.5. The van der Waals surface area contributed by atoms with Crippen LogP contribution in [0, 0.1) is 11.7 Å². The first-order chi connectivity index (χ1) is 17.2. The fraction of sp³-hybridized carbons (Fsp3) is 0.458. The van der Waals surface area contributed by atoms with Gasteiger partial charge in [-0.15, -0.1) is 0 Å². The van der Waals surface area contributed by atoms with Gasteiger partial charge in [0, 0.05) is 18.6 Å². The van der Waals surface area contributed by atoms with Crippen molar-refractivity contribution in [1.82, 2.24) is 25.2 Å². The molecule has 1 amide bonds. The zero-order valence-electron chi connectivity index (χ0n) is 20.8. The van der Waals surface area contributed by atoms with Gasteiger partial charge in [-0.1, -0.05) is 11.6 Å². The Hall–Kier alpha value is -3.02. The van der Waals surface area contributed by atoms with Crippen LogP contribution in [-0.2, 0) is 19.6 Å². The van der Waals surface area contributed by atoms with E-state index in [4.69, 9.17) is 23.1 Å². The van der Waals surface area contributed by atoms with Crippen molar-refractivity contribution in [2.24, 2.45) is 5.92 Å². The summed E-state index contributed by atoms with van der Waals surface area (Å²) in [7, 11) is 0. The summed E-state index contributed by atoms with van der Waals surface area (Å²) in [4.78, 5) is 33.6. The number of piperidine rings is 1. The summed E-state index contributed by atoms with van der Waals surface area (Å²) < 4.78 is 19.0. The molecule has 0 aliphatic carbocycles. The van der Waals surface area contributed by atoms with Crippen molar-refractivity contribution in [2.45, 2.75) is 52.7 Å². The second-order valence-electron chi connectivity index (χ2n) is 8.86. The number of halogens is 3. The van der Waals surface area contributed by atoms with Gasteiger partial charge in [-0.3, -0.25) is 9.59 Å². The lowest BCUT2D eigenvalue weighted by molar-refractivity contribution is -0.676. The third-order valence-corrected chi connectivity index (χ3v) is 6.94. The Kier molecular flexibility index (Phi) is 9.27. The van der Waals surface area contributed by atoms with E-state index < -0.39 is 11.7 Å². The van der Waals surface area contributed by atoms with E-state index in [1.807, 2.05) is 23.0 Å². The van der Waals surface area contributed by atoms with Gasteiger partial charge in [0.15, 0.2) is 39.3 Å². The van der Waals surface area contributed by atoms with E-state index in [-0.39, 0.29) is 58.7 Å². The Morgan fingerprint density at radius 3 is 2.57 bits per heavy atom. The van der Waals surface area contributed by atoms with E-state index in [1.54, 1.807) is 6.07 Å². The summed E-state index contributed by atoms with van der Waals surface area (Å²) in [5.74, 6) is -0.485. The standard InChI is InChI=1S/C24H30ClFN8O2.ClH/c1-3-33-16-10-14(18(35)9-13-5-7-29-8-6-13)15(26)11-17(16)34(4-2)19(33)12-30-24(36)20-22(27)32-23(28)21(25)31-20;/h10-11,13,29H,3-9,12H2,1-2H3,(H4-,27,28,30,32,36);1H. The predicted octanol–water partition coefficient (Wildman–Crippen LogP) is -0.778. The molecule has 1 fully saturated rings. The number of aryl methyl sites for hydroxylation is 2. The molecule has 1 aromatic carbocycles. The molecule has 37 heavy (non-hydrogen) atoms. The Balaban J connectivity index is 0.00000380. The number of hydrogen-bond acceptors (Lipinski definition) is 7. The number of nitrogens with two attached hydrogens (primary N) is 2. The zero-order valence-corrected chi connectivity index (χ0v) is 22.3. The normalized spacial score (nSPS) is 13.9. The van der Waals surface area contributed by atoms with Crippen molar-refractivity contribution in [2.75, 3.05) is 24.6 Å². The maximum atomic E-state index is 15.2. The van der Waals surface area contributed by atoms with Crippen LogP contribution in [0.3, 0.4) is 0 Å². The van der Waals surface area contributed by atoms with Gasteiger partial charge < -0.3 is 34.5 Å². The number of benzene rings is 1. The molecule has 3 heterocycles. The number of aromatic nitrogens is 4. The molecule has 10 nitrogen and oxygen atoms in total. The molecule has 0 radical (unpaired) electrons. The van der Waals surface area contributed by atoms with Crippen LogP contribution in [0.15, 0.2) is 12.1 Å². The molecular formula is C24H31Cl2FN8O2. The van der Waals surface area contributed by atoms with Crippen molar-refractivity contribution in [3.05, 3.63) is 40.2 Å². The van der Waals surface area contributed by atoms with Gasteiger partial charge in [0.1, 0.15) is 12.4 Å². The van der Waals surface area contributed by atoms with Gasteiger partial charge in [0.25, 0.3) is 11.7 Å². The van der Waals surface area contributed by atoms with Crippen molar-refractivity contribution < 1.29 is 31.0 Å². The second kappa shape index (κ2) is 12.0. The number of Topliss-reactive ketones (excluding diaryl/α,β-unsaturated/α-hetero) is 1. The van der Waals surface area contributed by atoms with E-state index in [2.05, 4.69) is 20.6 Å². The molecule has 2 aromatic heterocycles. The van der Waals surface area contributed by atoms with Gasteiger partial charge >= 0.3 is 0 Å². The number of rotatable bonds is 8. The highest BCUT2D eigenvalue weighted by Crippen LogP contribution is 2.25. The molecule has 3 aromatic rings. The maximum absolute atomic E-state index is 15.2. The van der Waals surface area contributed by atoms with Crippen molar-refractivity contribution >= 4 is 46.0 Å². The topological polar surface area (TPSA) is 145 Å². The summed E-state index contributed by atoms with van der Waals surface area (Å²) in [6.45, 7) is 6.84. The molecule has 1 saturated heterocycles. The quantitative estimate of drug-likeness (QED) is 0.212. The molecule has 1 aliphatic heterocycles. The lowest BCUT2D eigenvalue weighted by Gasteiger charge is -2.21. The van der Waals surface area contributed by atoms with Crippen LogP contribution in [-0.4, -0.2) is 39.3 Å². The summed E-state index contributed by atoms with van der Waals surface area (Å²) in [6.07, 6.45) is 2.16. The SMILES string of the molecule is CCn1c(CNC(=O)c2nc(Cl)c(N)nc2N)[n+](CC)c2cc(C(=O)CC3CCNCC3)c(F)cc21.[Cl-]. The van der Waals surface area contributed by atoms with E-state index in [9.17, 15) is 9.59 Å². The predicted molar refractivity (Wildman–Crippen MR) is 135 cm³/mol. The fourth-order valence-corrected chi connectivity index (χ4v) is 4.95. The molecule has 0 unspecified atom stereocenters. The van der Waals surface area contributed by atoms with Gasteiger partial charge in [-0.2, -0.15) is 0 Å². The number of carbonyl (C=O) groups is 2. The summed E-state index contributed by atoms with van der Waals surface area (Å²) in [5.41, 5.74) is 12.7. The number of hydrogen-bond donors (Lipinski definition) is 4. The minimum absolute atomic E-state index is 0. The number of anilines is 2. The molecule has 200 valence electrons. The monoisotopic (exact) mass is 552 g/mol. The Bertz CT molecular complexity index is 1320. The van der Waals surface area contributed by atoms with E-state index >= 15 is 4.39 Å².